The highest BCUT2D eigenvalue weighted by atomic mass is 15.3. The summed E-state index contributed by atoms with van der Waals surface area (Å²) in [4.78, 5) is 5.16. The molecular formula is C27H54N2. The van der Waals surface area contributed by atoms with Gasteiger partial charge < -0.3 is 0 Å². The summed E-state index contributed by atoms with van der Waals surface area (Å²) in [5.41, 5.74) is 2.58. The fraction of sp³-hybridized carbons (Fsp3) is 1.00. The van der Waals surface area contributed by atoms with Gasteiger partial charge in [0.25, 0.3) is 0 Å². The lowest BCUT2D eigenvalue weighted by Crippen LogP contribution is -2.57. The van der Waals surface area contributed by atoms with Crippen LogP contribution in [0.3, 0.4) is 0 Å². The van der Waals surface area contributed by atoms with Crippen molar-refractivity contribution in [1.29, 1.82) is 0 Å². The fourth-order valence-corrected chi connectivity index (χ4v) is 5.58. The molecule has 1 spiro atoms. The Hall–Kier alpha value is -0.0800. The predicted octanol–water partition coefficient (Wildman–Crippen LogP) is 7.09. The van der Waals surface area contributed by atoms with E-state index in [1.165, 1.54) is 51.9 Å². The van der Waals surface area contributed by atoms with E-state index in [9.17, 15) is 0 Å². The van der Waals surface area contributed by atoms with Crippen molar-refractivity contribution in [1.82, 2.24) is 9.80 Å². The molecular weight excluding hydrogens is 352 g/mol. The van der Waals surface area contributed by atoms with E-state index in [0.717, 1.165) is 17.3 Å². The lowest BCUT2D eigenvalue weighted by Gasteiger charge is -2.63. The molecule has 1 aliphatic heterocycles. The summed E-state index contributed by atoms with van der Waals surface area (Å²) in [6.45, 7) is 33.1. The molecule has 0 atom stereocenters. The van der Waals surface area contributed by atoms with Gasteiger partial charge in [0, 0.05) is 37.3 Å². The Kier molecular flexibility index (Phi) is 7.05. The summed E-state index contributed by atoms with van der Waals surface area (Å²) in [5, 5.41) is 0. The molecule has 0 unspecified atom stereocenters. The van der Waals surface area contributed by atoms with E-state index in [0.29, 0.717) is 21.9 Å². The molecule has 0 bridgehead atoms. The summed E-state index contributed by atoms with van der Waals surface area (Å²) in [6.07, 6.45) is 6.07. The molecule has 1 saturated heterocycles. The number of rotatable bonds is 0. The third-order valence-electron chi connectivity index (χ3n) is 8.34. The molecule has 3 fully saturated rings. The van der Waals surface area contributed by atoms with E-state index in [-0.39, 0.29) is 0 Å². The second kappa shape index (κ2) is 8.12. The first-order valence-electron chi connectivity index (χ1n) is 12.3. The van der Waals surface area contributed by atoms with Gasteiger partial charge in [-0.15, -0.1) is 0 Å². The highest BCUT2D eigenvalue weighted by molar-refractivity contribution is 5.07. The predicted molar refractivity (Wildman–Crippen MR) is 129 cm³/mol. The molecule has 2 saturated carbocycles. The Morgan fingerprint density at radius 3 is 0.897 bits per heavy atom. The molecule has 2 aliphatic carbocycles. The molecule has 0 N–H and O–H groups in total. The highest BCUT2D eigenvalue weighted by Gasteiger charge is 2.56. The smallest absolute Gasteiger partial charge is 0.0126 e. The van der Waals surface area contributed by atoms with Gasteiger partial charge in [-0.3, -0.25) is 9.80 Å². The van der Waals surface area contributed by atoms with Crippen LogP contribution in [0, 0.1) is 28.1 Å². The van der Waals surface area contributed by atoms with Gasteiger partial charge in [-0.05, 0) is 95.3 Å². The van der Waals surface area contributed by atoms with Crippen molar-refractivity contribution in [3.8, 4) is 0 Å². The van der Waals surface area contributed by atoms with Crippen LogP contribution in [0.1, 0.15) is 109 Å². The normalized spacial score (nSPS) is 32.3. The second-order valence-corrected chi connectivity index (χ2v) is 14.8. The summed E-state index contributed by atoms with van der Waals surface area (Å²) in [7, 11) is 0. The van der Waals surface area contributed by atoms with Crippen LogP contribution in [-0.2, 0) is 0 Å². The molecule has 2 heteroatoms. The largest absolute Gasteiger partial charge is 0.296 e. The minimum absolute atomic E-state index is 0.337. The van der Waals surface area contributed by atoms with Gasteiger partial charge in [0.2, 0.25) is 0 Å². The minimum Gasteiger partial charge on any atom is -0.296 e. The number of hydrogen-bond acceptors (Lipinski definition) is 2. The van der Waals surface area contributed by atoms with Crippen molar-refractivity contribution < 1.29 is 0 Å². The molecule has 3 rings (SSSR count). The molecule has 29 heavy (non-hydrogen) atoms. The number of nitrogens with zero attached hydrogens (tertiary/aromatic N) is 2. The van der Waals surface area contributed by atoms with Gasteiger partial charge >= 0.3 is 0 Å². The van der Waals surface area contributed by atoms with Crippen LogP contribution in [0.15, 0.2) is 0 Å². The van der Waals surface area contributed by atoms with Crippen molar-refractivity contribution in [2.75, 3.05) is 26.2 Å². The SMILES string of the molecule is CC(C)(C)C1CC2(C1)CC(C(C)(C)C)C2.CC(C)(C)N1CCN(C(C)(C)C)CC1. The van der Waals surface area contributed by atoms with E-state index < -0.39 is 0 Å². The zero-order valence-corrected chi connectivity index (χ0v) is 22.2. The van der Waals surface area contributed by atoms with Crippen molar-refractivity contribution in [3.05, 3.63) is 0 Å². The van der Waals surface area contributed by atoms with Crippen molar-refractivity contribution >= 4 is 0 Å². The lowest BCUT2D eigenvalue weighted by molar-refractivity contribution is -0.129. The Labute approximate surface area is 184 Å². The average molecular weight is 407 g/mol. The maximum atomic E-state index is 2.58. The molecule has 2 nitrogen and oxygen atoms in total. The van der Waals surface area contributed by atoms with E-state index in [1.54, 1.807) is 0 Å². The number of hydrogen-bond donors (Lipinski definition) is 0. The van der Waals surface area contributed by atoms with Crippen molar-refractivity contribution in [2.24, 2.45) is 28.1 Å². The third kappa shape index (κ3) is 6.45. The fourth-order valence-electron chi connectivity index (χ4n) is 5.58. The summed E-state index contributed by atoms with van der Waals surface area (Å²) in [5.74, 6) is 2.00. The van der Waals surface area contributed by atoms with Crippen LogP contribution in [0.5, 0.6) is 0 Å². The molecule has 172 valence electrons. The van der Waals surface area contributed by atoms with E-state index in [1.807, 2.05) is 0 Å². The van der Waals surface area contributed by atoms with Gasteiger partial charge in [0.05, 0.1) is 0 Å². The van der Waals surface area contributed by atoms with Gasteiger partial charge in [-0.25, -0.2) is 0 Å². The standard InChI is InChI=1S/C15H28.C12H26N2/c1-13(2,3)11-7-15(8-11)9-12(10-15)14(4,5)6;1-11(2,3)13-7-9-14(10-8-13)12(4,5)6/h11-12H,7-10H2,1-6H3;7-10H2,1-6H3. The molecule has 0 aromatic heterocycles. The quantitative estimate of drug-likeness (QED) is 0.424. The first kappa shape index (κ1) is 25.2. The second-order valence-electron chi connectivity index (χ2n) is 14.8. The van der Waals surface area contributed by atoms with E-state index >= 15 is 0 Å². The van der Waals surface area contributed by atoms with Gasteiger partial charge in [-0.1, -0.05) is 41.5 Å². The van der Waals surface area contributed by atoms with Gasteiger partial charge in [-0.2, -0.15) is 0 Å². The highest BCUT2D eigenvalue weighted by Crippen LogP contribution is 2.67. The Morgan fingerprint density at radius 1 is 0.483 bits per heavy atom. The van der Waals surface area contributed by atoms with Crippen LogP contribution in [0.4, 0.5) is 0 Å². The number of piperazine rings is 1. The lowest BCUT2D eigenvalue weighted by atomic mass is 9.42. The van der Waals surface area contributed by atoms with Crippen molar-refractivity contribution in [2.45, 2.75) is 120 Å². The third-order valence-corrected chi connectivity index (χ3v) is 8.34. The van der Waals surface area contributed by atoms with Crippen LogP contribution >= 0.6 is 0 Å². The maximum Gasteiger partial charge on any atom is 0.0126 e. The van der Waals surface area contributed by atoms with Crippen LogP contribution in [0.2, 0.25) is 0 Å². The average Bonchev–Trinajstić information content (AvgIpc) is 2.40. The van der Waals surface area contributed by atoms with Gasteiger partial charge in [0.1, 0.15) is 0 Å². The van der Waals surface area contributed by atoms with Gasteiger partial charge in [0.15, 0.2) is 0 Å². The maximum absolute atomic E-state index is 2.58. The van der Waals surface area contributed by atoms with E-state index in [4.69, 9.17) is 0 Å². The zero-order valence-electron chi connectivity index (χ0n) is 22.2. The molecule has 0 amide bonds. The monoisotopic (exact) mass is 406 g/mol. The Bertz CT molecular complexity index is 461. The van der Waals surface area contributed by atoms with E-state index in [2.05, 4.69) is 92.9 Å². The summed E-state index contributed by atoms with van der Waals surface area (Å²) in [6, 6.07) is 0. The summed E-state index contributed by atoms with van der Waals surface area (Å²) >= 11 is 0. The first-order valence-corrected chi connectivity index (χ1v) is 12.3. The minimum atomic E-state index is 0.337. The Morgan fingerprint density at radius 2 is 0.724 bits per heavy atom. The molecule has 1 heterocycles. The zero-order chi connectivity index (χ0) is 22.5. The van der Waals surface area contributed by atoms with Crippen LogP contribution in [0.25, 0.3) is 0 Å². The van der Waals surface area contributed by atoms with Crippen LogP contribution in [-0.4, -0.2) is 47.1 Å². The molecule has 0 aromatic rings. The summed E-state index contributed by atoms with van der Waals surface area (Å²) < 4.78 is 0. The molecule has 0 radical (unpaired) electrons. The molecule has 0 aromatic carbocycles. The topological polar surface area (TPSA) is 6.48 Å². The van der Waals surface area contributed by atoms with Crippen molar-refractivity contribution in [3.63, 3.8) is 0 Å². The van der Waals surface area contributed by atoms with Crippen LogP contribution < -0.4 is 0 Å². The Balaban J connectivity index is 0.000000208. The molecule has 3 aliphatic rings. The first-order chi connectivity index (χ1) is 12.8.